The molecule has 0 aliphatic heterocycles. The number of aliphatic hydroxyl groups excluding tert-OH is 1. The number of nitrogens with one attached hydrogen (secondary N) is 1. The highest BCUT2D eigenvalue weighted by molar-refractivity contribution is 4.79. The molecule has 2 N–H and O–H groups in total. The van der Waals surface area contributed by atoms with Crippen LogP contribution in [0, 0.1) is 5.92 Å². The van der Waals surface area contributed by atoms with Gasteiger partial charge in [0.2, 0.25) is 0 Å². The van der Waals surface area contributed by atoms with E-state index in [1.54, 1.807) is 0 Å². The average Bonchev–Trinajstić information content (AvgIpc) is 2.25. The largest absolute Gasteiger partial charge is 0.392 e. The van der Waals surface area contributed by atoms with E-state index in [4.69, 9.17) is 0 Å². The van der Waals surface area contributed by atoms with Crippen molar-refractivity contribution in [3.8, 4) is 0 Å². The number of aliphatic hydroxyl groups is 1. The van der Waals surface area contributed by atoms with Gasteiger partial charge in [-0.1, -0.05) is 32.6 Å². The van der Waals surface area contributed by atoms with E-state index in [2.05, 4.69) is 12.2 Å². The molecule has 0 amide bonds. The van der Waals surface area contributed by atoms with Crippen LogP contribution in [0.4, 0.5) is 0 Å². The van der Waals surface area contributed by atoms with Gasteiger partial charge in [-0.3, -0.25) is 0 Å². The molecule has 1 fully saturated rings. The van der Waals surface area contributed by atoms with E-state index in [9.17, 15) is 5.11 Å². The fourth-order valence-electron chi connectivity index (χ4n) is 2.67. The van der Waals surface area contributed by atoms with Crippen molar-refractivity contribution in [3.63, 3.8) is 0 Å². The average molecular weight is 213 g/mol. The molecule has 0 aromatic heterocycles. The summed E-state index contributed by atoms with van der Waals surface area (Å²) in [6.07, 6.45) is 9.29. The van der Waals surface area contributed by atoms with Crippen LogP contribution >= 0.6 is 0 Å². The van der Waals surface area contributed by atoms with Crippen LogP contribution in [0.25, 0.3) is 0 Å². The second kappa shape index (κ2) is 7.24. The maximum atomic E-state index is 9.31. The predicted molar refractivity (Wildman–Crippen MR) is 65.0 cm³/mol. The van der Waals surface area contributed by atoms with E-state index in [1.807, 2.05) is 6.92 Å². The minimum atomic E-state index is -0.215. The smallest absolute Gasteiger partial charge is 0.0636 e. The zero-order chi connectivity index (χ0) is 11.1. The van der Waals surface area contributed by atoms with Gasteiger partial charge in [-0.15, -0.1) is 0 Å². The Morgan fingerprint density at radius 2 is 1.93 bits per heavy atom. The predicted octanol–water partition coefficient (Wildman–Crippen LogP) is 2.71. The third kappa shape index (κ3) is 4.98. The van der Waals surface area contributed by atoms with Crippen LogP contribution in [-0.2, 0) is 0 Å². The van der Waals surface area contributed by atoms with Crippen LogP contribution in [-0.4, -0.2) is 23.8 Å². The molecule has 0 saturated heterocycles. The lowest BCUT2D eigenvalue weighted by Gasteiger charge is -2.31. The fraction of sp³-hybridized carbons (Fsp3) is 1.00. The molecule has 1 saturated carbocycles. The first-order chi connectivity index (χ1) is 7.24. The van der Waals surface area contributed by atoms with Crippen LogP contribution in [0.15, 0.2) is 0 Å². The highest BCUT2D eigenvalue weighted by Crippen LogP contribution is 2.28. The Morgan fingerprint density at radius 3 is 2.47 bits per heavy atom. The molecule has 1 aliphatic carbocycles. The van der Waals surface area contributed by atoms with Crippen LogP contribution in [0.3, 0.4) is 0 Å². The molecule has 2 heteroatoms. The van der Waals surface area contributed by atoms with E-state index in [0.717, 1.165) is 12.5 Å². The topological polar surface area (TPSA) is 32.3 Å². The zero-order valence-corrected chi connectivity index (χ0v) is 10.3. The lowest BCUT2D eigenvalue weighted by molar-refractivity contribution is 0.170. The highest BCUT2D eigenvalue weighted by Gasteiger charge is 2.22. The molecule has 15 heavy (non-hydrogen) atoms. The first-order valence-electron chi connectivity index (χ1n) is 6.65. The van der Waals surface area contributed by atoms with Gasteiger partial charge in [-0.2, -0.15) is 0 Å². The molecule has 0 aromatic rings. The first-order valence-corrected chi connectivity index (χ1v) is 6.65. The van der Waals surface area contributed by atoms with Crippen molar-refractivity contribution < 1.29 is 5.11 Å². The maximum absolute atomic E-state index is 9.31. The van der Waals surface area contributed by atoms with E-state index in [-0.39, 0.29) is 6.10 Å². The number of hydrogen-bond donors (Lipinski definition) is 2. The molecule has 2 atom stereocenters. The van der Waals surface area contributed by atoms with Crippen LogP contribution in [0.1, 0.15) is 58.8 Å². The van der Waals surface area contributed by atoms with Gasteiger partial charge < -0.3 is 10.4 Å². The van der Waals surface area contributed by atoms with Crippen molar-refractivity contribution in [2.75, 3.05) is 6.54 Å². The Labute approximate surface area is 94.5 Å². The Bertz CT molecular complexity index is 153. The molecule has 0 spiro atoms. The summed E-state index contributed by atoms with van der Waals surface area (Å²) in [5, 5.41) is 12.8. The summed E-state index contributed by atoms with van der Waals surface area (Å²) in [7, 11) is 0. The Balaban J connectivity index is 2.33. The number of rotatable bonds is 6. The lowest BCUT2D eigenvalue weighted by atomic mass is 9.82. The fourth-order valence-corrected chi connectivity index (χ4v) is 2.67. The van der Waals surface area contributed by atoms with Crippen LogP contribution in [0.5, 0.6) is 0 Å². The monoisotopic (exact) mass is 213 g/mol. The van der Waals surface area contributed by atoms with Crippen LogP contribution < -0.4 is 5.32 Å². The Kier molecular flexibility index (Phi) is 6.26. The zero-order valence-electron chi connectivity index (χ0n) is 10.3. The molecule has 90 valence electrons. The third-order valence-electron chi connectivity index (χ3n) is 3.49. The van der Waals surface area contributed by atoms with E-state index in [1.165, 1.54) is 44.9 Å². The second-order valence-corrected chi connectivity index (χ2v) is 5.05. The summed E-state index contributed by atoms with van der Waals surface area (Å²) in [5.74, 6) is 0.859. The SMILES string of the molecule is CCCC(NC[C@H](C)O)C1CCCCC1. The summed E-state index contributed by atoms with van der Waals surface area (Å²) in [6, 6.07) is 0.643. The standard InChI is InChI=1S/C13H27NO/c1-3-7-13(14-10-11(2)15)12-8-5-4-6-9-12/h11-15H,3-10H2,1-2H3/t11-,13?/m0/s1. The normalized spacial score (nSPS) is 22.6. The third-order valence-corrected chi connectivity index (χ3v) is 3.49. The highest BCUT2D eigenvalue weighted by atomic mass is 16.3. The van der Waals surface area contributed by atoms with Gasteiger partial charge in [0.05, 0.1) is 6.10 Å². The summed E-state index contributed by atoms with van der Waals surface area (Å²) >= 11 is 0. The maximum Gasteiger partial charge on any atom is 0.0636 e. The molecule has 0 heterocycles. The van der Waals surface area contributed by atoms with Gasteiger partial charge in [0, 0.05) is 12.6 Å². The molecular formula is C13H27NO. The Morgan fingerprint density at radius 1 is 1.27 bits per heavy atom. The summed E-state index contributed by atoms with van der Waals surface area (Å²) in [4.78, 5) is 0. The minimum absolute atomic E-state index is 0.215. The molecule has 2 nitrogen and oxygen atoms in total. The van der Waals surface area contributed by atoms with Crippen LogP contribution in [0.2, 0.25) is 0 Å². The molecular weight excluding hydrogens is 186 g/mol. The molecule has 1 rings (SSSR count). The quantitative estimate of drug-likeness (QED) is 0.711. The molecule has 0 bridgehead atoms. The van der Waals surface area contributed by atoms with E-state index < -0.39 is 0 Å². The first kappa shape index (κ1) is 13.0. The van der Waals surface area contributed by atoms with Crippen molar-refractivity contribution in [2.45, 2.75) is 70.9 Å². The van der Waals surface area contributed by atoms with Crippen molar-refractivity contribution >= 4 is 0 Å². The summed E-state index contributed by atoms with van der Waals surface area (Å²) in [6.45, 7) is 4.86. The van der Waals surface area contributed by atoms with Gasteiger partial charge >= 0.3 is 0 Å². The van der Waals surface area contributed by atoms with Crippen molar-refractivity contribution in [3.05, 3.63) is 0 Å². The van der Waals surface area contributed by atoms with Crippen molar-refractivity contribution in [1.82, 2.24) is 5.32 Å². The van der Waals surface area contributed by atoms with Gasteiger partial charge in [0.1, 0.15) is 0 Å². The minimum Gasteiger partial charge on any atom is -0.392 e. The summed E-state index contributed by atoms with van der Waals surface area (Å²) in [5.41, 5.74) is 0. The lowest BCUT2D eigenvalue weighted by Crippen LogP contribution is -2.40. The molecule has 1 aliphatic rings. The molecule has 1 unspecified atom stereocenters. The van der Waals surface area contributed by atoms with E-state index >= 15 is 0 Å². The molecule has 0 radical (unpaired) electrons. The van der Waals surface area contributed by atoms with Gasteiger partial charge in [-0.05, 0) is 32.1 Å². The van der Waals surface area contributed by atoms with Crippen molar-refractivity contribution in [1.29, 1.82) is 0 Å². The van der Waals surface area contributed by atoms with Crippen molar-refractivity contribution in [2.24, 2.45) is 5.92 Å². The summed E-state index contributed by atoms with van der Waals surface area (Å²) < 4.78 is 0. The van der Waals surface area contributed by atoms with Gasteiger partial charge in [-0.25, -0.2) is 0 Å². The van der Waals surface area contributed by atoms with E-state index in [0.29, 0.717) is 6.04 Å². The molecule has 0 aromatic carbocycles. The number of hydrogen-bond acceptors (Lipinski definition) is 2. The second-order valence-electron chi connectivity index (χ2n) is 5.05. The van der Waals surface area contributed by atoms with Gasteiger partial charge in [0.25, 0.3) is 0 Å². The Hall–Kier alpha value is -0.0800. The van der Waals surface area contributed by atoms with Gasteiger partial charge in [0.15, 0.2) is 0 Å².